The van der Waals surface area contributed by atoms with Crippen LogP contribution in [0.25, 0.3) is 0 Å². The molecular formula is C21H32N2O4. The zero-order valence-corrected chi connectivity index (χ0v) is 17.1. The van der Waals surface area contributed by atoms with Crippen molar-refractivity contribution in [3.05, 3.63) is 29.3 Å². The van der Waals surface area contributed by atoms with Gasteiger partial charge < -0.3 is 19.7 Å². The molecule has 150 valence electrons. The average Bonchev–Trinajstić information content (AvgIpc) is 2.60. The van der Waals surface area contributed by atoms with Gasteiger partial charge in [-0.15, -0.1) is 0 Å². The predicted molar refractivity (Wildman–Crippen MR) is 105 cm³/mol. The number of rotatable bonds is 5. The fraction of sp³-hybridized carbons (Fsp3) is 0.619. The molecule has 6 nitrogen and oxygen atoms in total. The molecule has 2 rings (SSSR count). The topological polar surface area (TPSA) is 67.9 Å². The van der Waals surface area contributed by atoms with E-state index >= 15 is 0 Å². The van der Waals surface area contributed by atoms with Crippen LogP contribution in [0.2, 0.25) is 0 Å². The van der Waals surface area contributed by atoms with Crippen LogP contribution in [-0.4, -0.2) is 49.2 Å². The Balaban J connectivity index is 1.86. The van der Waals surface area contributed by atoms with Gasteiger partial charge in [-0.2, -0.15) is 0 Å². The molecule has 0 spiro atoms. The number of carbonyl (C=O) groups is 2. The summed E-state index contributed by atoms with van der Waals surface area (Å²) >= 11 is 0. The largest absolute Gasteiger partial charge is 0.483 e. The van der Waals surface area contributed by atoms with E-state index in [1.807, 2.05) is 12.1 Å². The van der Waals surface area contributed by atoms with Crippen molar-refractivity contribution in [3.63, 3.8) is 0 Å². The number of nitrogens with zero attached hydrogens (tertiary/aromatic N) is 1. The Morgan fingerprint density at radius 1 is 1.22 bits per heavy atom. The molecule has 6 heteroatoms. The van der Waals surface area contributed by atoms with Gasteiger partial charge >= 0.3 is 6.09 Å². The van der Waals surface area contributed by atoms with Gasteiger partial charge in [0.15, 0.2) is 6.61 Å². The minimum absolute atomic E-state index is 0.0231. The number of amides is 2. The van der Waals surface area contributed by atoms with Crippen LogP contribution in [0.5, 0.6) is 5.75 Å². The molecule has 1 aromatic carbocycles. The average molecular weight is 376 g/mol. The van der Waals surface area contributed by atoms with Crippen LogP contribution in [-0.2, 0) is 14.9 Å². The highest BCUT2D eigenvalue weighted by atomic mass is 16.5. The number of hydrogen-bond acceptors (Lipinski definition) is 4. The van der Waals surface area contributed by atoms with Crippen LogP contribution in [0.1, 0.15) is 51.7 Å². The van der Waals surface area contributed by atoms with Crippen LogP contribution in [0.4, 0.5) is 4.79 Å². The summed E-state index contributed by atoms with van der Waals surface area (Å²) < 4.78 is 10.8. The normalized spacial score (nSPS) is 15.4. The number of nitrogens with one attached hydrogen (secondary N) is 1. The van der Waals surface area contributed by atoms with Crippen molar-refractivity contribution >= 4 is 12.0 Å². The van der Waals surface area contributed by atoms with Crippen molar-refractivity contribution < 1.29 is 19.1 Å². The molecule has 1 saturated heterocycles. The fourth-order valence-electron chi connectivity index (χ4n) is 3.20. The number of carbonyl (C=O) groups excluding carboxylic acids is 2. The van der Waals surface area contributed by atoms with Crippen LogP contribution < -0.4 is 10.1 Å². The minimum atomic E-state index is -0.389. The van der Waals surface area contributed by atoms with E-state index in [1.165, 1.54) is 5.56 Å². The third kappa shape index (κ3) is 6.15. The first-order valence-corrected chi connectivity index (χ1v) is 9.65. The maximum atomic E-state index is 12.5. The summed E-state index contributed by atoms with van der Waals surface area (Å²) in [5.74, 6) is 0.741. The van der Waals surface area contributed by atoms with E-state index in [2.05, 4.69) is 39.1 Å². The lowest BCUT2D eigenvalue weighted by Gasteiger charge is -2.32. The molecule has 1 aliphatic rings. The molecule has 1 heterocycles. The van der Waals surface area contributed by atoms with Gasteiger partial charge in [0.05, 0.1) is 6.61 Å². The van der Waals surface area contributed by atoms with Crippen molar-refractivity contribution in [2.45, 2.75) is 58.9 Å². The van der Waals surface area contributed by atoms with E-state index in [1.54, 1.807) is 11.8 Å². The summed E-state index contributed by atoms with van der Waals surface area (Å²) in [5, 5.41) is 2.84. The number of benzene rings is 1. The molecule has 1 fully saturated rings. The Labute approximate surface area is 162 Å². The summed E-state index contributed by atoms with van der Waals surface area (Å²) in [6, 6.07) is 6.12. The molecule has 0 aromatic heterocycles. The van der Waals surface area contributed by atoms with Gasteiger partial charge in [-0.25, -0.2) is 4.79 Å². The highest BCUT2D eigenvalue weighted by molar-refractivity contribution is 5.78. The zero-order valence-electron chi connectivity index (χ0n) is 17.1. The number of piperidine rings is 1. The number of aryl methyl sites for hydroxylation is 1. The Kier molecular flexibility index (Phi) is 7.11. The minimum Gasteiger partial charge on any atom is -0.483 e. The van der Waals surface area contributed by atoms with Gasteiger partial charge in [-0.1, -0.05) is 38.5 Å². The van der Waals surface area contributed by atoms with Crippen LogP contribution in [0.15, 0.2) is 18.2 Å². The monoisotopic (exact) mass is 376 g/mol. The Bertz CT molecular complexity index is 659. The van der Waals surface area contributed by atoms with Gasteiger partial charge in [0.25, 0.3) is 5.91 Å². The summed E-state index contributed by atoms with van der Waals surface area (Å²) in [4.78, 5) is 25.8. The predicted octanol–water partition coefficient (Wildman–Crippen LogP) is 3.41. The smallest absolute Gasteiger partial charge is 0.407 e. The van der Waals surface area contributed by atoms with Gasteiger partial charge in [0, 0.05) is 19.1 Å². The maximum absolute atomic E-state index is 12.5. The van der Waals surface area contributed by atoms with Crippen molar-refractivity contribution in [3.8, 4) is 5.75 Å². The van der Waals surface area contributed by atoms with E-state index < -0.39 is 0 Å². The molecule has 2 amide bonds. The fourth-order valence-corrected chi connectivity index (χ4v) is 3.20. The lowest BCUT2D eigenvalue weighted by molar-refractivity contribution is -0.134. The first-order chi connectivity index (χ1) is 12.7. The summed E-state index contributed by atoms with van der Waals surface area (Å²) in [6.45, 7) is 11.8. The van der Waals surface area contributed by atoms with E-state index in [-0.39, 0.29) is 30.1 Å². The van der Waals surface area contributed by atoms with Crippen LogP contribution >= 0.6 is 0 Å². The van der Waals surface area contributed by atoms with E-state index in [0.717, 1.165) is 24.2 Å². The highest BCUT2D eigenvalue weighted by Gasteiger charge is 2.25. The van der Waals surface area contributed by atoms with Gasteiger partial charge in [-0.05, 0) is 43.7 Å². The summed E-state index contributed by atoms with van der Waals surface area (Å²) in [6.07, 6.45) is 1.06. The molecule has 0 unspecified atom stereocenters. The standard InChI is InChI=1S/C21H32N2O4/c1-6-26-20(25)22-16-9-11-23(12-10-16)19(24)14-27-18-8-7-15(2)13-17(18)21(3,4)5/h7-8,13,16H,6,9-12,14H2,1-5H3,(H,22,25). The summed E-state index contributed by atoms with van der Waals surface area (Å²) in [5.41, 5.74) is 2.23. The zero-order chi connectivity index (χ0) is 20.0. The number of hydrogen-bond donors (Lipinski definition) is 1. The van der Waals surface area contributed by atoms with E-state index in [9.17, 15) is 9.59 Å². The third-order valence-electron chi connectivity index (χ3n) is 4.74. The molecule has 0 bridgehead atoms. The second kappa shape index (κ2) is 9.11. The Hall–Kier alpha value is -2.24. The summed E-state index contributed by atoms with van der Waals surface area (Å²) in [7, 11) is 0. The van der Waals surface area contributed by atoms with E-state index in [0.29, 0.717) is 19.7 Å². The molecule has 0 radical (unpaired) electrons. The molecule has 1 aromatic rings. The molecule has 27 heavy (non-hydrogen) atoms. The molecule has 0 atom stereocenters. The van der Waals surface area contributed by atoms with Crippen molar-refractivity contribution in [2.75, 3.05) is 26.3 Å². The lowest BCUT2D eigenvalue weighted by atomic mass is 9.85. The quantitative estimate of drug-likeness (QED) is 0.855. The molecule has 0 aliphatic carbocycles. The second-order valence-electron chi connectivity index (χ2n) is 8.06. The van der Waals surface area contributed by atoms with Crippen LogP contribution in [0, 0.1) is 6.92 Å². The van der Waals surface area contributed by atoms with Gasteiger partial charge in [-0.3, -0.25) is 4.79 Å². The Morgan fingerprint density at radius 2 is 1.89 bits per heavy atom. The molecule has 1 aliphatic heterocycles. The molecule has 0 saturated carbocycles. The van der Waals surface area contributed by atoms with Crippen molar-refractivity contribution in [2.24, 2.45) is 0 Å². The van der Waals surface area contributed by atoms with Gasteiger partial charge in [0.2, 0.25) is 0 Å². The van der Waals surface area contributed by atoms with Crippen molar-refractivity contribution in [1.29, 1.82) is 0 Å². The number of ether oxygens (including phenoxy) is 2. The first-order valence-electron chi connectivity index (χ1n) is 9.65. The molecular weight excluding hydrogens is 344 g/mol. The lowest BCUT2D eigenvalue weighted by Crippen LogP contribution is -2.47. The second-order valence-corrected chi connectivity index (χ2v) is 8.06. The van der Waals surface area contributed by atoms with Crippen molar-refractivity contribution in [1.82, 2.24) is 10.2 Å². The number of likely N-dealkylation sites (tertiary alicyclic amines) is 1. The third-order valence-corrected chi connectivity index (χ3v) is 4.74. The maximum Gasteiger partial charge on any atom is 0.407 e. The SMILES string of the molecule is CCOC(=O)NC1CCN(C(=O)COc2ccc(C)cc2C(C)(C)C)CC1. The van der Waals surface area contributed by atoms with Crippen LogP contribution in [0.3, 0.4) is 0 Å². The number of alkyl carbamates (subject to hydrolysis) is 1. The van der Waals surface area contributed by atoms with E-state index in [4.69, 9.17) is 9.47 Å². The highest BCUT2D eigenvalue weighted by Crippen LogP contribution is 2.32. The Morgan fingerprint density at radius 3 is 2.48 bits per heavy atom. The first kappa shape index (κ1) is 21.1. The van der Waals surface area contributed by atoms with Gasteiger partial charge in [0.1, 0.15) is 5.75 Å². The molecule has 1 N–H and O–H groups in total.